The number of hydrogen-bond donors (Lipinski definition) is 1. The molecule has 148 valence electrons. The minimum absolute atomic E-state index is 0.308. The van der Waals surface area contributed by atoms with Gasteiger partial charge in [-0.3, -0.25) is 9.69 Å². The summed E-state index contributed by atoms with van der Waals surface area (Å²) in [5, 5.41) is 17.3. The molecular formula is C22H22N4O3. The highest BCUT2D eigenvalue weighted by Crippen LogP contribution is 2.21. The van der Waals surface area contributed by atoms with Crippen molar-refractivity contribution in [3.8, 4) is 17.0 Å². The molecule has 0 radical (unpaired) electrons. The van der Waals surface area contributed by atoms with Gasteiger partial charge in [0.15, 0.2) is 5.82 Å². The molecule has 3 aromatic rings. The fourth-order valence-electron chi connectivity index (χ4n) is 3.43. The highest BCUT2D eigenvalue weighted by atomic mass is 16.5. The number of nitrogens with zero attached hydrogens (tertiary/aromatic N) is 4. The van der Waals surface area contributed by atoms with E-state index in [4.69, 9.17) is 9.84 Å². The smallest absolute Gasteiger partial charge is 0.307 e. The van der Waals surface area contributed by atoms with Crippen LogP contribution in [0.5, 0.6) is 5.88 Å². The molecule has 7 nitrogen and oxygen atoms in total. The number of hydrogen-bond acceptors (Lipinski definition) is 6. The van der Waals surface area contributed by atoms with Gasteiger partial charge in [0.2, 0.25) is 0 Å². The number of benzene rings is 2. The second-order valence-electron chi connectivity index (χ2n) is 7.13. The quantitative estimate of drug-likeness (QED) is 0.663. The van der Waals surface area contributed by atoms with E-state index < -0.39 is 5.97 Å². The van der Waals surface area contributed by atoms with Crippen molar-refractivity contribution >= 4 is 5.97 Å². The summed E-state index contributed by atoms with van der Waals surface area (Å²) in [5.41, 5.74) is 3.33. The Morgan fingerprint density at radius 3 is 2.66 bits per heavy atom. The standard InChI is InChI=1S/C22H22N4O3/c27-22(28)19-9-10-26(13-19)14-20-23-12-21(25-24-20)29-15-16-5-4-8-18(11-16)17-6-2-1-3-7-17/h1-8,11-12,19H,9-10,13-15H2,(H,27,28). The maximum absolute atomic E-state index is 11.0. The fourth-order valence-corrected chi connectivity index (χ4v) is 3.43. The molecular weight excluding hydrogens is 368 g/mol. The molecule has 0 spiro atoms. The van der Waals surface area contributed by atoms with Gasteiger partial charge in [0.25, 0.3) is 5.88 Å². The second kappa shape index (κ2) is 8.79. The van der Waals surface area contributed by atoms with Crippen LogP contribution in [0.3, 0.4) is 0 Å². The van der Waals surface area contributed by atoms with Gasteiger partial charge in [-0.25, -0.2) is 4.98 Å². The van der Waals surface area contributed by atoms with E-state index in [2.05, 4.69) is 39.4 Å². The molecule has 1 aromatic heterocycles. The van der Waals surface area contributed by atoms with Crippen molar-refractivity contribution in [2.45, 2.75) is 19.6 Å². The van der Waals surface area contributed by atoms with Gasteiger partial charge in [-0.1, -0.05) is 48.5 Å². The van der Waals surface area contributed by atoms with E-state index in [9.17, 15) is 4.79 Å². The molecule has 0 saturated carbocycles. The summed E-state index contributed by atoms with van der Waals surface area (Å²) < 4.78 is 5.73. The van der Waals surface area contributed by atoms with Crippen LogP contribution in [0.4, 0.5) is 0 Å². The molecule has 2 heterocycles. The molecule has 7 heteroatoms. The van der Waals surface area contributed by atoms with Crippen molar-refractivity contribution in [2.75, 3.05) is 13.1 Å². The average Bonchev–Trinajstić information content (AvgIpc) is 3.23. The topological polar surface area (TPSA) is 88.4 Å². The van der Waals surface area contributed by atoms with Crippen LogP contribution in [0.2, 0.25) is 0 Å². The number of aromatic nitrogens is 3. The highest BCUT2D eigenvalue weighted by Gasteiger charge is 2.28. The molecule has 1 unspecified atom stereocenters. The Morgan fingerprint density at radius 1 is 1.10 bits per heavy atom. The van der Waals surface area contributed by atoms with Crippen molar-refractivity contribution in [1.82, 2.24) is 20.1 Å². The number of aliphatic carboxylic acids is 1. The third-order valence-corrected chi connectivity index (χ3v) is 5.00. The van der Waals surface area contributed by atoms with Gasteiger partial charge in [-0.05, 0) is 35.7 Å². The molecule has 0 amide bonds. The molecule has 29 heavy (non-hydrogen) atoms. The molecule has 2 aromatic carbocycles. The summed E-state index contributed by atoms with van der Waals surface area (Å²) in [7, 11) is 0. The van der Waals surface area contributed by atoms with Gasteiger partial charge in [0.05, 0.1) is 18.7 Å². The first-order chi connectivity index (χ1) is 14.2. The molecule has 1 aliphatic heterocycles. The van der Waals surface area contributed by atoms with Crippen molar-refractivity contribution < 1.29 is 14.6 Å². The van der Waals surface area contributed by atoms with Gasteiger partial charge in [0.1, 0.15) is 6.61 Å². The summed E-state index contributed by atoms with van der Waals surface area (Å²) in [6.07, 6.45) is 2.22. The normalized spacial score (nSPS) is 16.6. The lowest BCUT2D eigenvalue weighted by atomic mass is 10.0. The predicted octanol–water partition coefficient (Wildman–Crippen LogP) is 3.02. The van der Waals surface area contributed by atoms with Crippen LogP contribution in [0.1, 0.15) is 17.8 Å². The summed E-state index contributed by atoms with van der Waals surface area (Å²) in [4.78, 5) is 17.4. The van der Waals surface area contributed by atoms with E-state index in [0.717, 1.165) is 23.2 Å². The molecule has 1 N–H and O–H groups in total. The van der Waals surface area contributed by atoms with Gasteiger partial charge < -0.3 is 9.84 Å². The molecule has 1 saturated heterocycles. The lowest BCUT2D eigenvalue weighted by molar-refractivity contribution is -0.141. The maximum atomic E-state index is 11.0. The highest BCUT2D eigenvalue weighted by molar-refractivity contribution is 5.70. The van der Waals surface area contributed by atoms with E-state index >= 15 is 0 Å². The lowest BCUT2D eigenvalue weighted by Gasteiger charge is -2.13. The average molecular weight is 390 g/mol. The number of carboxylic acids is 1. The van der Waals surface area contributed by atoms with Crippen molar-refractivity contribution in [3.63, 3.8) is 0 Å². The minimum Gasteiger partial charge on any atom is -0.481 e. The summed E-state index contributed by atoms with van der Waals surface area (Å²) in [5.74, 6) is -0.123. The number of likely N-dealkylation sites (tertiary alicyclic amines) is 1. The van der Waals surface area contributed by atoms with E-state index in [1.165, 1.54) is 0 Å². The van der Waals surface area contributed by atoms with Crippen LogP contribution in [0.15, 0.2) is 60.8 Å². The number of carbonyl (C=O) groups is 1. The molecule has 4 rings (SSSR count). The van der Waals surface area contributed by atoms with Crippen LogP contribution < -0.4 is 4.74 Å². The Kier molecular flexibility index (Phi) is 5.76. The third-order valence-electron chi connectivity index (χ3n) is 5.00. The first-order valence-electron chi connectivity index (χ1n) is 9.58. The van der Waals surface area contributed by atoms with Crippen molar-refractivity contribution in [1.29, 1.82) is 0 Å². The Labute approximate surface area is 169 Å². The Morgan fingerprint density at radius 2 is 1.93 bits per heavy atom. The molecule has 1 aliphatic rings. The van der Waals surface area contributed by atoms with Gasteiger partial charge in [0, 0.05) is 6.54 Å². The monoisotopic (exact) mass is 390 g/mol. The molecule has 1 fully saturated rings. The minimum atomic E-state index is -0.744. The Hall–Kier alpha value is -3.32. The number of rotatable bonds is 7. The zero-order valence-electron chi connectivity index (χ0n) is 15.9. The van der Waals surface area contributed by atoms with Crippen LogP contribution >= 0.6 is 0 Å². The van der Waals surface area contributed by atoms with Crippen LogP contribution in [-0.4, -0.2) is 44.2 Å². The van der Waals surface area contributed by atoms with Gasteiger partial charge in [-0.15, -0.1) is 10.2 Å². The maximum Gasteiger partial charge on any atom is 0.307 e. The molecule has 0 bridgehead atoms. The molecule has 0 aliphatic carbocycles. The van der Waals surface area contributed by atoms with Crippen molar-refractivity contribution in [2.24, 2.45) is 5.92 Å². The Balaban J connectivity index is 1.32. The number of carboxylic acid groups (broad SMARTS) is 1. The first kappa shape index (κ1) is 19.0. The summed E-state index contributed by atoms with van der Waals surface area (Å²) in [6, 6.07) is 18.4. The zero-order valence-corrected chi connectivity index (χ0v) is 15.9. The van der Waals surface area contributed by atoms with Gasteiger partial charge >= 0.3 is 5.97 Å². The van der Waals surface area contributed by atoms with E-state index in [-0.39, 0.29) is 5.92 Å². The van der Waals surface area contributed by atoms with Crippen LogP contribution in [0, 0.1) is 5.92 Å². The van der Waals surface area contributed by atoms with Crippen LogP contribution in [-0.2, 0) is 17.9 Å². The predicted molar refractivity (Wildman–Crippen MR) is 107 cm³/mol. The summed E-state index contributed by atoms with van der Waals surface area (Å²) >= 11 is 0. The third kappa shape index (κ3) is 4.94. The fraction of sp³-hybridized carbons (Fsp3) is 0.273. The van der Waals surface area contributed by atoms with E-state index in [1.54, 1.807) is 6.20 Å². The van der Waals surface area contributed by atoms with Crippen molar-refractivity contribution in [3.05, 3.63) is 72.2 Å². The lowest BCUT2D eigenvalue weighted by Crippen LogP contribution is -2.24. The SMILES string of the molecule is O=C(O)C1CCN(Cc2ncc(OCc3cccc(-c4ccccc4)c3)nn2)C1. The van der Waals surface area contributed by atoms with Gasteiger partial charge in [-0.2, -0.15) is 0 Å². The summed E-state index contributed by atoms with van der Waals surface area (Å²) in [6.45, 7) is 2.13. The number of ether oxygens (including phenoxy) is 1. The van der Waals surface area contributed by atoms with E-state index in [0.29, 0.717) is 37.8 Å². The molecule has 1 atom stereocenters. The second-order valence-corrected chi connectivity index (χ2v) is 7.13. The zero-order chi connectivity index (χ0) is 20.1. The first-order valence-corrected chi connectivity index (χ1v) is 9.58. The van der Waals surface area contributed by atoms with E-state index in [1.807, 2.05) is 35.2 Å². The van der Waals surface area contributed by atoms with Crippen LogP contribution in [0.25, 0.3) is 11.1 Å². The Bertz CT molecular complexity index is 963. The largest absolute Gasteiger partial charge is 0.481 e.